The van der Waals surface area contributed by atoms with E-state index in [2.05, 4.69) is 10.2 Å². The van der Waals surface area contributed by atoms with E-state index in [0.717, 1.165) is 30.2 Å². The van der Waals surface area contributed by atoms with E-state index in [4.69, 9.17) is 9.47 Å². The normalized spacial score (nSPS) is 19.3. The van der Waals surface area contributed by atoms with Gasteiger partial charge in [-0.05, 0) is 50.6 Å². The topological polar surface area (TPSA) is 50.8 Å². The fourth-order valence-corrected chi connectivity index (χ4v) is 2.86. The summed E-state index contributed by atoms with van der Waals surface area (Å²) in [5.41, 5.74) is 1.03. The van der Waals surface area contributed by atoms with Gasteiger partial charge in [-0.15, -0.1) is 0 Å². The molecule has 3 rings (SSSR count). The molecule has 1 aromatic rings. The van der Waals surface area contributed by atoms with Crippen LogP contribution in [0.3, 0.4) is 0 Å². The number of hydrogen-bond donors (Lipinski definition) is 1. The number of nitrogens with one attached hydrogen (secondary N) is 1. The molecular formula is C16H22N2O3. The highest BCUT2D eigenvalue weighted by Gasteiger charge is 2.22. The Morgan fingerprint density at radius 2 is 2.00 bits per heavy atom. The van der Waals surface area contributed by atoms with Gasteiger partial charge >= 0.3 is 0 Å². The molecule has 1 fully saturated rings. The van der Waals surface area contributed by atoms with Gasteiger partial charge in [0, 0.05) is 6.54 Å². The molecule has 2 heterocycles. The fraction of sp³-hybridized carbons (Fsp3) is 0.562. The van der Waals surface area contributed by atoms with Crippen LogP contribution in [0.4, 0.5) is 0 Å². The summed E-state index contributed by atoms with van der Waals surface area (Å²) < 4.78 is 10.6. The minimum Gasteiger partial charge on any atom is -0.454 e. The summed E-state index contributed by atoms with van der Waals surface area (Å²) in [5, 5.41) is 3.01. The van der Waals surface area contributed by atoms with E-state index < -0.39 is 0 Å². The Hall–Kier alpha value is -1.75. The summed E-state index contributed by atoms with van der Waals surface area (Å²) in [7, 11) is 0. The zero-order valence-electron chi connectivity index (χ0n) is 12.4. The van der Waals surface area contributed by atoms with Gasteiger partial charge in [-0.25, -0.2) is 0 Å². The molecule has 5 nitrogen and oxygen atoms in total. The number of likely N-dealkylation sites (tertiary alicyclic amines) is 1. The Kier molecular flexibility index (Phi) is 4.29. The van der Waals surface area contributed by atoms with Crippen LogP contribution < -0.4 is 14.8 Å². The molecular weight excluding hydrogens is 268 g/mol. The van der Waals surface area contributed by atoms with Gasteiger partial charge in [-0.1, -0.05) is 12.5 Å². The number of hydrogen-bond acceptors (Lipinski definition) is 4. The fourth-order valence-electron chi connectivity index (χ4n) is 2.86. The van der Waals surface area contributed by atoms with Crippen molar-refractivity contribution in [2.75, 3.05) is 19.9 Å². The quantitative estimate of drug-likeness (QED) is 0.920. The molecule has 0 bridgehead atoms. The molecule has 2 aliphatic rings. The Balaban J connectivity index is 1.53. The van der Waals surface area contributed by atoms with Crippen molar-refractivity contribution in [3.63, 3.8) is 0 Å². The van der Waals surface area contributed by atoms with E-state index in [0.29, 0.717) is 6.54 Å². The first kappa shape index (κ1) is 14.2. The second-order valence-corrected chi connectivity index (χ2v) is 5.68. The Labute approximate surface area is 125 Å². The molecule has 21 heavy (non-hydrogen) atoms. The van der Waals surface area contributed by atoms with Crippen molar-refractivity contribution < 1.29 is 14.3 Å². The lowest BCUT2D eigenvalue weighted by molar-refractivity contribution is -0.126. The minimum atomic E-state index is -0.0562. The molecule has 114 valence electrons. The molecule has 1 N–H and O–H groups in total. The van der Waals surface area contributed by atoms with E-state index >= 15 is 0 Å². The molecule has 0 saturated carbocycles. The van der Waals surface area contributed by atoms with Crippen molar-refractivity contribution in [1.29, 1.82) is 0 Å². The number of amides is 1. The number of nitrogens with zero attached hydrogens (tertiary/aromatic N) is 1. The van der Waals surface area contributed by atoms with E-state index in [-0.39, 0.29) is 18.7 Å². The first-order valence-electron chi connectivity index (χ1n) is 7.64. The highest BCUT2D eigenvalue weighted by Crippen LogP contribution is 2.32. The maximum Gasteiger partial charge on any atom is 0.237 e. The number of fused-ring (bicyclic) bond motifs is 1. The van der Waals surface area contributed by atoms with E-state index in [9.17, 15) is 4.79 Å². The predicted molar refractivity (Wildman–Crippen MR) is 79.3 cm³/mol. The Morgan fingerprint density at radius 1 is 1.24 bits per heavy atom. The number of piperidine rings is 1. The largest absolute Gasteiger partial charge is 0.454 e. The molecule has 2 aliphatic heterocycles. The van der Waals surface area contributed by atoms with Crippen LogP contribution in [0.1, 0.15) is 31.7 Å². The van der Waals surface area contributed by atoms with Gasteiger partial charge in [0.1, 0.15) is 0 Å². The second-order valence-electron chi connectivity index (χ2n) is 5.68. The van der Waals surface area contributed by atoms with Crippen LogP contribution in [0.15, 0.2) is 18.2 Å². The Morgan fingerprint density at radius 3 is 2.81 bits per heavy atom. The molecule has 1 aromatic carbocycles. The third-order valence-electron chi connectivity index (χ3n) is 4.22. The predicted octanol–water partition coefficient (Wildman–Crippen LogP) is 1.91. The van der Waals surface area contributed by atoms with Crippen molar-refractivity contribution in [2.45, 2.75) is 38.8 Å². The zero-order chi connectivity index (χ0) is 14.7. The second kappa shape index (κ2) is 6.35. The van der Waals surface area contributed by atoms with Crippen LogP contribution >= 0.6 is 0 Å². The van der Waals surface area contributed by atoms with Crippen LogP contribution in [-0.2, 0) is 11.3 Å². The van der Waals surface area contributed by atoms with Crippen LogP contribution in [0.5, 0.6) is 11.5 Å². The summed E-state index contributed by atoms with van der Waals surface area (Å²) in [6, 6.07) is 5.71. The smallest absolute Gasteiger partial charge is 0.237 e. The van der Waals surface area contributed by atoms with Crippen LogP contribution in [-0.4, -0.2) is 36.7 Å². The Bertz CT molecular complexity index is 512. The van der Waals surface area contributed by atoms with Crippen LogP contribution in [0.25, 0.3) is 0 Å². The maximum absolute atomic E-state index is 12.2. The van der Waals surface area contributed by atoms with E-state index in [1.807, 2.05) is 25.1 Å². The van der Waals surface area contributed by atoms with Crippen LogP contribution in [0, 0.1) is 0 Å². The molecule has 5 heteroatoms. The minimum absolute atomic E-state index is 0.0562. The van der Waals surface area contributed by atoms with Gasteiger partial charge in [0.2, 0.25) is 12.7 Å². The lowest BCUT2D eigenvalue weighted by Crippen LogP contribution is -2.46. The average Bonchev–Trinajstić information content (AvgIpc) is 3.00. The summed E-state index contributed by atoms with van der Waals surface area (Å²) in [4.78, 5) is 14.5. The van der Waals surface area contributed by atoms with Gasteiger partial charge in [-0.3, -0.25) is 9.69 Å². The number of rotatable bonds is 4. The SMILES string of the molecule is C[C@H](C(=O)NCc1ccc2c(c1)OCO2)N1CCCCC1. The standard InChI is InChI=1S/C16H22N2O3/c1-12(18-7-3-2-4-8-18)16(19)17-10-13-5-6-14-15(9-13)21-11-20-14/h5-6,9,12H,2-4,7-8,10-11H2,1H3,(H,17,19)/t12-/m1/s1. The lowest BCUT2D eigenvalue weighted by atomic mass is 10.1. The van der Waals surface area contributed by atoms with Crippen molar-refractivity contribution in [2.24, 2.45) is 0 Å². The van der Waals surface area contributed by atoms with Crippen molar-refractivity contribution in [3.8, 4) is 11.5 Å². The molecule has 1 amide bonds. The third-order valence-corrected chi connectivity index (χ3v) is 4.22. The summed E-state index contributed by atoms with van der Waals surface area (Å²) >= 11 is 0. The van der Waals surface area contributed by atoms with Gasteiger partial charge in [0.05, 0.1) is 6.04 Å². The average molecular weight is 290 g/mol. The monoisotopic (exact) mass is 290 g/mol. The molecule has 1 saturated heterocycles. The molecule has 0 aliphatic carbocycles. The van der Waals surface area contributed by atoms with Crippen molar-refractivity contribution in [3.05, 3.63) is 23.8 Å². The summed E-state index contributed by atoms with van der Waals surface area (Å²) in [6.45, 7) is 4.84. The molecule has 1 atom stereocenters. The van der Waals surface area contributed by atoms with E-state index in [1.165, 1.54) is 19.3 Å². The molecule has 0 unspecified atom stereocenters. The van der Waals surface area contributed by atoms with Gasteiger partial charge < -0.3 is 14.8 Å². The number of ether oxygens (including phenoxy) is 2. The van der Waals surface area contributed by atoms with Gasteiger partial charge in [-0.2, -0.15) is 0 Å². The molecule has 0 aromatic heterocycles. The van der Waals surface area contributed by atoms with Crippen molar-refractivity contribution >= 4 is 5.91 Å². The maximum atomic E-state index is 12.2. The highest BCUT2D eigenvalue weighted by molar-refractivity contribution is 5.81. The lowest BCUT2D eigenvalue weighted by Gasteiger charge is -2.31. The number of benzene rings is 1. The number of carbonyl (C=O) groups is 1. The summed E-state index contributed by atoms with van der Waals surface area (Å²) in [6.07, 6.45) is 3.67. The van der Waals surface area contributed by atoms with Crippen LogP contribution in [0.2, 0.25) is 0 Å². The highest BCUT2D eigenvalue weighted by atomic mass is 16.7. The van der Waals surface area contributed by atoms with Crippen molar-refractivity contribution in [1.82, 2.24) is 10.2 Å². The van der Waals surface area contributed by atoms with E-state index in [1.54, 1.807) is 0 Å². The molecule has 0 radical (unpaired) electrons. The first-order chi connectivity index (χ1) is 10.2. The number of carbonyl (C=O) groups excluding carboxylic acids is 1. The summed E-state index contributed by atoms with van der Waals surface area (Å²) in [5.74, 6) is 1.62. The first-order valence-corrected chi connectivity index (χ1v) is 7.64. The molecule has 0 spiro atoms. The zero-order valence-corrected chi connectivity index (χ0v) is 12.4. The van der Waals surface area contributed by atoms with Gasteiger partial charge in [0.25, 0.3) is 0 Å². The third kappa shape index (κ3) is 3.29. The van der Waals surface area contributed by atoms with Gasteiger partial charge in [0.15, 0.2) is 11.5 Å².